The van der Waals surface area contributed by atoms with E-state index in [0.717, 1.165) is 9.90 Å². The molecule has 1 aromatic carbocycles. The van der Waals surface area contributed by atoms with Crippen molar-refractivity contribution in [3.05, 3.63) is 27.9 Å². The van der Waals surface area contributed by atoms with Crippen molar-refractivity contribution in [3.8, 4) is 11.5 Å². The lowest BCUT2D eigenvalue weighted by Gasteiger charge is -2.13. The van der Waals surface area contributed by atoms with Crippen LogP contribution in [-0.4, -0.2) is 36.3 Å². The van der Waals surface area contributed by atoms with Crippen LogP contribution < -0.4 is 20.5 Å². The van der Waals surface area contributed by atoms with E-state index in [0.29, 0.717) is 33.3 Å². The number of amides is 2. The minimum Gasteiger partial charge on any atom is -0.493 e. The van der Waals surface area contributed by atoms with Crippen molar-refractivity contribution < 1.29 is 19.1 Å². The molecule has 0 fully saturated rings. The molecule has 0 atom stereocenters. The van der Waals surface area contributed by atoms with Gasteiger partial charge in [0.1, 0.15) is 0 Å². The van der Waals surface area contributed by atoms with Gasteiger partial charge in [0.2, 0.25) is 5.91 Å². The third-order valence-corrected chi connectivity index (χ3v) is 6.15. The number of nitrogens with one attached hydrogen (secondary N) is 1. The molecular formula is C16H18BrN3O4S2. The number of thiazole rings is 1. The van der Waals surface area contributed by atoms with E-state index in [4.69, 9.17) is 15.2 Å². The molecule has 7 nitrogen and oxygen atoms in total. The zero-order chi connectivity index (χ0) is 19.3. The number of carbonyl (C=O) groups is 2. The molecule has 1 heterocycles. The molecule has 0 saturated heterocycles. The Balaban J connectivity index is 2.18. The third kappa shape index (κ3) is 5.12. The van der Waals surface area contributed by atoms with Gasteiger partial charge in [-0.25, -0.2) is 4.98 Å². The van der Waals surface area contributed by atoms with E-state index >= 15 is 0 Å². The summed E-state index contributed by atoms with van der Waals surface area (Å²) in [6.45, 7) is 4.15. The average molecular weight is 460 g/mol. The van der Waals surface area contributed by atoms with Crippen molar-refractivity contribution in [2.24, 2.45) is 5.73 Å². The predicted molar refractivity (Wildman–Crippen MR) is 107 cm³/mol. The summed E-state index contributed by atoms with van der Waals surface area (Å²) in [5.74, 6) is 0.438. The Bertz CT molecular complexity index is 826. The maximum atomic E-state index is 12.5. The SMILES string of the molecule is CCOc1c(Br)cc(C(=O)Nc2nc(C)c(SCC(N)=O)s2)cc1OC. The second-order valence-corrected chi connectivity index (χ2v) is 8.12. The number of nitrogens with two attached hydrogens (primary N) is 1. The maximum Gasteiger partial charge on any atom is 0.257 e. The van der Waals surface area contributed by atoms with Gasteiger partial charge in [-0.15, -0.1) is 11.8 Å². The smallest absolute Gasteiger partial charge is 0.257 e. The number of rotatable bonds is 8. The number of carbonyl (C=O) groups excluding carboxylic acids is 2. The first-order valence-corrected chi connectivity index (χ1v) is 10.1. The van der Waals surface area contributed by atoms with Gasteiger partial charge in [-0.3, -0.25) is 14.9 Å². The van der Waals surface area contributed by atoms with Crippen molar-refractivity contribution in [1.29, 1.82) is 0 Å². The quantitative estimate of drug-likeness (QED) is 0.585. The number of primary amides is 1. The molecule has 2 amide bonds. The normalized spacial score (nSPS) is 10.5. The number of hydrogen-bond donors (Lipinski definition) is 2. The van der Waals surface area contributed by atoms with E-state index in [2.05, 4.69) is 26.2 Å². The van der Waals surface area contributed by atoms with Crippen LogP contribution in [0.25, 0.3) is 0 Å². The molecule has 140 valence electrons. The van der Waals surface area contributed by atoms with E-state index in [1.165, 1.54) is 30.2 Å². The van der Waals surface area contributed by atoms with Crippen LogP contribution in [-0.2, 0) is 4.79 Å². The molecule has 3 N–H and O–H groups in total. The number of aromatic nitrogens is 1. The molecule has 0 unspecified atom stereocenters. The van der Waals surface area contributed by atoms with Gasteiger partial charge in [0.05, 0.1) is 33.8 Å². The van der Waals surface area contributed by atoms with Crippen LogP contribution in [0.4, 0.5) is 5.13 Å². The number of ether oxygens (including phenoxy) is 2. The Morgan fingerprint density at radius 1 is 1.42 bits per heavy atom. The van der Waals surface area contributed by atoms with Crippen molar-refractivity contribution in [2.45, 2.75) is 18.1 Å². The summed E-state index contributed by atoms with van der Waals surface area (Å²) >= 11 is 5.99. The van der Waals surface area contributed by atoms with Gasteiger partial charge in [-0.05, 0) is 41.9 Å². The minimum atomic E-state index is -0.403. The molecule has 2 aromatic rings. The van der Waals surface area contributed by atoms with Crippen LogP contribution in [0.1, 0.15) is 23.0 Å². The van der Waals surface area contributed by atoms with Crippen LogP contribution in [0.2, 0.25) is 0 Å². The Morgan fingerprint density at radius 3 is 2.77 bits per heavy atom. The Labute approximate surface area is 167 Å². The molecule has 0 aliphatic carbocycles. The number of benzene rings is 1. The standard InChI is InChI=1S/C16H18BrN3O4S2/c1-4-24-13-10(17)5-9(6-11(13)23-3)14(22)20-16-19-8(2)15(26-16)25-7-12(18)21/h5-6H,4,7H2,1-3H3,(H2,18,21)(H,19,20,22). The summed E-state index contributed by atoms with van der Waals surface area (Å²) in [7, 11) is 1.51. The van der Waals surface area contributed by atoms with Gasteiger partial charge in [0.15, 0.2) is 16.6 Å². The number of methoxy groups -OCH3 is 1. The Morgan fingerprint density at radius 2 is 2.15 bits per heavy atom. The fourth-order valence-electron chi connectivity index (χ4n) is 2.01. The number of aryl methyl sites for hydroxylation is 1. The van der Waals surface area contributed by atoms with Gasteiger partial charge in [0.25, 0.3) is 5.91 Å². The highest BCUT2D eigenvalue weighted by Crippen LogP contribution is 2.37. The average Bonchev–Trinajstić information content (AvgIpc) is 2.93. The van der Waals surface area contributed by atoms with Crippen molar-refractivity contribution in [3.63, 3.8) is 0 Å². The summed E-state index contributed by atoms with van der Waals surface area (Å²) in [6.07, 6.45) is 0. The number of anilines is 1. The molecule has 10 heteroatoms. The van der Waals surface area contributed by atoms with E-state index in [9.17, 15) is 9.59 Å². The second kappa shape index (κ2) is 9.24. The lowest BCUT2D eigenvalue weighted by atomic mass is 10.2. The Kier molecular flexibility index (Phi) is 7.30. The van der Waals surface area contributed by atoms with Crippen LogP contribution in [0.5, 0.6) is 11.5 Å². The Hall–Kier alpha value is -1.78. The summed E-state index contributed by atoms with van der Waals surface area (Å²) in [5.41, 5.74) is 6.29. The van der Waals surface area contributed by atoms with Crippen molar-refractivity contribution in [1.82, 2.24) is 4.98 Å². The minimum absolute atomic E-state index is 0.166. The summed E-state index contributed by atoms with van der Waals surface area (Å²) in [4.78, 5) is 27.8. The van der Waals surface area contributed by atoms with Gasteiger partial charge in [-0.2, -0.15) is 0 Å². The van der Waals surface area contributed by atoms with Crippen LogP contribution >= 0.6 is 39.0 Å². The lowest BCUT2D eigenvalue weighted by molar-refractivity contribution is -0.115. The molecule has 2 rings (SSSR count). The third-order valence-electron chi connectivity index (χ3n) is 3.10. The predicted octanol–water partition coefficient (Wildman–Crippen LogP) is 3.45. The molecule has 0 aliphatic rings. The van der Waals surface area contributed by atoms with Crippen molar-refractivity contribution >= 4 is 56.0 Å². The first-order chi connectivity index (χ1) is 12.3. The summed E-state index contributed by atoms with van der Waals surface area (Å²) < 4.78 is 12.3. The van der Waals surface area contributed by atoms with E-state index in [1.54, 1.807) is 12.1 Å². The molecule has 0 aliphatic heterocycles. The molecule has 26 heavy (non-hydrogen) atoms. The van der Waals surface area contributed by atoms with E-state index in [-0.39, 0.29) is 11.7 Å². The topological polar surface area (TPSA) is 104 Å². The largest absolute Gasteiger partial charge is 0.493 e. The van der Waals surface area contributed by atoms with Gasteiger partial charge >= 0.3 is 0 Å². The van der Waals surface area contributed by atoms with E-state index in [1.807, 2.05) is 13.8 Å². The number of hydrogen-bond acceptors (Lipinski definition) is 7. The van der Waals surface area contributed by atoms with Crippen molar-refractivity contribution in [2.75, 3.05) is 24.8 Å². The first-order valence-electron chi connectivity index (χ1n) is 7.55. The second-order valence-electron chi connectivity index (χ2n) is 5.02. The monoisotopic (exact) mass is 459 g/mol. The summed E-state index contributed by atoms with van der Waals surface area (Å²) in [5, 5.41) is 3.21. The number of nitrogens with zero attached hydrogens (tertiary/aromatic N) is 1. The molecule has 1 aromatic heterocycles. The molecular weight excluding hydrogens is 442 g/mol. The highest BCUT2D eigenvalue weighted by Gasteiger charge is 2.17. The van der Waals surface area contributed by atoms with Crippen LogP contribution in [0.15, 0.2) is 20.8 Å². The fourth-order valence-corrected chi connectivity index (χ4v) is 4.44. The lowest BCUT2D eigenvalue weighted by Crippen LogP contribution is -2.12. The molecule has 0 spiro atoms. The zero-order valence-electron chi connectivity index (χ0n) is 14.4. The molecule has 0 bridgehead atoms. The fraction of sp³-hybridized carbons (Fsp3) is 0.312. The maximum absolute atomic E-state index is 12.5. The summed E-state index contributed by atoms with van der Waals surface area (Å²) in [6, 6.07) is 3.26. The molecule has 0 saturated carbocycles. The van der Waals surface area contributed by atoms with E-state index < -0.39 is 5.91 Å². The highest BCUT2D eigenvalue weighted by atomic mass is 79.9. The van der Waals surface area contributed by atoms with Crippen LogP contribution in [0.3, 0.4) is 0 Å². The number of halogens is 1. The molecule has 0 radical (unpaired) electrons. The van der Waals surface area contributed by atoms with Gasteiger partial charge in [-0.1, -0.05) is 11.3 Å². The zero-order valence-corrected chi connectivity index (χ0v) is 17.6. The van der Waals surface area contributed by atoms with Gasteiger partial charge < -0.3 is 15.2 Å². The van der Waals surface area contributed by atoms with Crippen LogP contribution in [0, 0.1) is 6.92 Å². The first kappa shape index (κ1) is 20.5. The highest BCUT2D eigenvalue weighted by molar-refractivity contribution is 9.10. The van der Waals surface area contributed by atoms with Gasteiger partial charge in [0, 0.05) is 5.56 Å². The number of thioether (sulfide) groups is 1.